The highest BCUT2D eigenvalue weighted by Crippen LogP contribution is 2.29. The van der Waals surface area contributed by atoms with Gasteiger partial charge >= 0.3 is 0 Å². The zero-order valence-electron chi connectivity index (χ0n) is 18.4. The van der Waals surface area contributed by atoms with E-state index in [4.69, 9.17) is 9.97 Å². The molecule has 6 heteroatoms. The van der Waals surface area contributed by atoms with Crippen LogP contribution in [0.2, 0.25) is 0 Å². The van der Waals surface area contributed by atoms with Crippen LogP contribution in [0.1, 0.15) is 65.7 Å². The molecule has 1 aromatic heterocycles. The minimum Gasteiger partial charge on any atom is -0.362 e. The van der Waals surface area contributed by atoms with Crippen molar-refractivity contribution in [3.63, 3.8) is 0 Å². The first kappa shape index (κ1) is 20.6. The van der Waals surface area contributed by atoms with Crippen molar-refractivity contribution in [1.29, 1.82) is 0 Å². The van der Waals surface area contributed by atoms with E-state index in [0.29, 0.717) is 6.04 Å². The Kier molecular flexibility index (Phi) is 6.21. The molecule has 0 bridgehead atoms. The first-order valence-electron chi connectivity index (χ1n) is 11.2. The normalized spacial score (nSPS) is 20.9. The van der Waals surface area contributed by atoms with Crippen LogP contribution in [0.5, 0.6) is 0 Å². The van der Waals surface area contributed by atoms with Crippen molar-refractivity contribution in [2.75, 3.05) is 24.3 Å². The van der Waals surface area contributed by atoms with E-state index in [9.17, 15) is 4.79 Å². The molecular weight excluding hydrogens is 374 g/mol. The number of aromatic nitrogens is 2. The van der Waals surface area contributed by atoms with Gasteiger partial charge in [-0.1, -0.05) is 17.7 Å². The summed E-state index contributed by atoms with van der Waals surface area (Å²) < 4.78 is 0. The SMILES string of the molecule is Cc1ccc(C(=O)N[C@H]2CC[C@@H](Nc3nc4c(c(N(C)C)n3)CCCC4)CC2)cc1. The maximum atomic E-state index is 12.5. The minimum atomic E-state index is 0.0278. The fraction of sp³-hybridized carbons (Fsp3) is 0.542. The Bertz CT molecular complexity index is 885. The van der Waals surface area contributed by atoms with Gasteiger partial charge in [0.15, 0.2) is 0 Å². The van der Waals surface area contributed by atoms with Crippen LogP contribution in [0.4, 0.5) is 11.8 Å². The summed E-state index contributed by atoms with van der Waals surface area (Å²) in [6.07, 6.45) is 8.53. The average molecular weight is 408 g/mol. The maximum Gasteiger partial charge on any atom is 0.251 e. The van der Waals surface area contributed by atoms with E-state index in [2.05, 4.69) is 29.6 Å². The van der Waals surface area contributed by atoms with E-state index in [-0.39, 0.29) is 11.9 Å². The molecule has 0 saturated heterocycles. The molecule has 0 aliphatic heterocycles. The Labute approximate surface area is 179 Å². The van der Waals surface area contributed by atoms with E-state index < -0.39 is 0 Å². The third-order valence-corrected chi connectivity index (χ3v) is 6.29. The van der Waals surface area contributed by atoms with Gasteiger partial charge in [0.05, 0.1) is 5.69 Å². The molecule has 2 aromatic rings. The van der Waals surface area contributed by atoms with Crippen molar-refractivity contribution >= 4 is 17.7 Å². The van der Waals surface area contributed by atoms with E-state index in [1.807, 2.05) is 31.2 Å². The fourth-order valence-corrected chi connectivity index (χ4v) is 4.55. The number of anilines is 2. The molecule has 30 heavy (non-hydrogen) atoms. The molecule has 1 aromatic carbocycles. The topological polar surface area (TPSA) is 70.2 Å². The molecule has 0 radical (unpaired) electrons. The number of fused-ring (bicyclic) bond motifs is 1. The molecule has 160 valence electrons. The van der Waals surface area contributed by atoms with Crippen LogP contribution in [0.25, 0.3) is 0 Å². The second kappa shape index (κ2) is 9.02. The standard InChI is InChI=1S/C24H33N5O/c1-16-8-10-17(11-9-16)23(30)25-18-12-14-19(15-13-18)26-24-27-21-7-5-4-6-20(21)22(28-24)29(2)3/h8-11,18-19H,4-7,12-15H2,1-3H3,(H,25,30)(H,26,27,28)/t18-,19+. The molecule has 2 N–H and O–H groups in total. The number of amides is 1. The lowest BCUT2D eigenvalue weighted by Gasteiger charge is -2.30. The summed E-state index contributed by atoms with van der Waals surface area (Å²) in [4.78, 5) is 24.3. The lowest BCUT2D eigenvalue weighted by Crippen LogP contribution is -2.40. The lowest BCUT2D eigenvalue weighted by atomic mass is 9.91. The Morgan fingerprint density at radius 2 is 1.63 bits per heavy atom. The van der Waals surface area contributed by atoms with Gasteiger partial charge in [-0.25, -0.2) is 4.98 Å². The molecule has 1 fully saturated rings. The van der Waals surface area contributed by atoms with Crippen LogP contribution in [-0.2, 0) is 12.8 Å². The van der Waals surface area contributed by atoms with Gasteiger partial charge in [-0.3, -0.25) is 4.79 Å². The predicted molar refractivity (Wildman–Crippen MR) is 121 cm³/mol. The fourth-order valence-electron chi connectivity index (χ4n) is 4.55. The Balaban J connectivity index is 1.34. The maximum absolute atomic E-state index is 12.5. The number of nitrogens with zero attached hydrogens (tertiary/aromatic N) is 3. The Morgan fingerprint density at radius 3 is 2.33 bits per heavy atom. The summed E-state index contributed by atoms with van der Waals surface area (Å²) in [6.45, 7) is 2.03. The van der Waals surface area contributed by atoms with Gasteiger partial charge in [-0.2, -0.15) is 4.98 Å². The van der Waals surface area contributed by atoms with Crippen LogP contribution < -0.4 is 15.5 Å². The van der Waals surface area contributed by atoms with Gasteiger partial charge in [0.25, 0.3) is 5.91 Å². The van der Waals surface area contributed by atoms with Crippen LogP contribution in [-0.4, -0.2) is 42.1 Å². The van der Waals surface area contributed by atoms with Crippen LogP contribution in [0.3, 0.4) is 0 Å². The first-order chi connectivity index (χ1) is 14.5. The summed E-state index contributed by atoms with van der Waals surface area (Å²) >= 11 is 0. The highest BCUT2D eigenvalue weighted by Gasteiger charge is 2.25. The van der Waals surface area contributed by atoms with Gasteiger partial charge in [0.2, 0.25) is 5.95 Å². The molecule has 0 unspecified atom stereocenters. The molecule has 2 aliphatic rings. The quantitative estimate of drug-likeness (QED) is 0.787. The molecule has 1 amide bonds. The summed E-state index contributed by atoms with van der Waals surface area (Å²) in [5.41, 5.74) is 4.43. The monoisotopic (exact) mass is 407 g/mol. The van der Waals surface area contributed by atoms with Crippen LogP contribution in [0.15, 0.2) is 24.3 Å². The number of carbonyl (C=O) groups excluding carboxylic acids is 1. The van der Waals surface area contributed by atoms with E-state index in [1.165, 1.54) is 29.7 Å². The third-order valence-electron chi connectivity index (χ3n) is 6.29. The van der Waals surface area contributed by atoms with E-state index in [1.54, 1.807) is 0 Å². The van der Waals surface area contributed by atoms with Crippen molar-refractivity contribution in [2.24, 2.45) is 0 Å². The van der Waals surface area contributed by atoms with Gasteiger partial charge < -0.3 is 15.5 Å². The summed E-state index contributed by atoms with van der Waals surface area (Å²) in [5, 5.41) is 6.78. The van der Waals surface area contributed by atoms with Gasteiger partial charge in [0, 0.05) is 37.3 Å². The molecule has 1 saturated carbocycles. The number of hydrogen-bond acceptors (Lipinski definition) is 5. The molecule has 0 spiro atoms. The largest absolute Gasteiger partial charge is 0.362 e. The Morgan fingerprint density at radius 1 is 0.967 bits per heavy atom. The van der Waals surface area contributed by atoms with Crippen molar-refractivity contribution in [2.45, 2.75) is 70.4 Å². The highest BCUT2D eigenvalue weighted by molar-refractivity contribution is 5.94. The van der Waals surface area contributed by atoms with Gasteiger partial charge in [-0.05, 0) is 70.4 Å². The van der Waals surface area contributed by atoms with Crippen molar-refractivity contribution in [1.82, 2.24) is 15.3 Å². The average Bonchev–Trinajstić information content (AvgIpc) is 2.75. The second-order valence-corrected chi connectivity index (χ2v) is 8.93. The van der Waals surface area contributed by atoms with E-state index in [0.717, 1.165) is 55.9 Å². The van der Waals surface area contributed by atoms with Gasteiger partial charge in [-0.15, -0.1) is 0 Å². The van der Waals surface area contributed by atoms with Crippen molar-refractivity contribution < 1.29 is 4.79 Å². The van der Waals surface area contributed by atoms with Crippen LogP contribution >= 0.6 is 0 Å². The number of aryl methyl sites for hydroxylation is 2. The number of benzene rings is 1. The molecule has 0 atom stereocenters. The zero-order valence-corrected chi connectivity index (χ0v) is 18.4. The van der Waals surface area contributed by atoms with E-state index >= 15 is 0 Å². The number of nitrogens with one attached hydrogen (secondary N) is 2. The lowest BCUT2D eigenvalue weighted by molar-refractivity contribution is 0.0926. The molecule has 6 nitrogen and oxygen atoms in total. The summed E-state index contributed by atoms with van der Waals surface area (Å²) in [5.74, 6) is 1.84. The summed E-state index contributed by atoms with van der Waals surface area (Å²) in [6, 6.07) is 8.35. The highest BCUT2D eigenvalue weighted by atomic mass is 16.1. The van der Waals surface area contributed by atoms with Crippen LogP contribution in [0, 0.1) is 6.92 Å². The van der Waals surface area contributed by atoms with Gasteiger partial charge in [0.1, 0.15) is 5.82 Å². The zero-order chi connectivity index (χ0) is 21.1. The predicted octanol–water partition coefficient (Wildman–Crippen LogP) is 3.88. The molecular formula is C24H33N5O. The molecule has 1 heterocycles. The number of carbonyl (C=O) groups is 1. The smallest absolute Gasteiger partial charge is 0.251 e. The molecule has 2 aliphatic carbocycles. The second-order valence-electron chi connectivity index (χ2n) is 8.93. The Hall–Kier alpha value is -2.63. The first-order valence-corrected chi connectivity index (χ1v) is 11.2. The molecule has 4 rings (SSSR count). The number of rotatable bonds is 5. The third kappa shape index (κ3) is 4.74. The minimum absolute atomic E-state index is 0.0278. The number of hydrogen-bond donors (Lipinski definition) is 2. The van der Waals surface area contributed by atoms with Crippen molar-refractivity contribution in [3.8, 4) is 0 Å². The van der Waals surface area contributed by atoms with Crippen molar-refractivity contribution in [3.05, 3.63) is 46.6 Å². The summed E-state index contributed by atoms with van der Waals surface area (Å²) in [7, 11) is 4.12.